The fraction of sp³-hybridized carbons (Fsp3) is 0.261. The lowest BCUT2D eigenvalue weighted by atomic mass is 10.0. The van der Waals surface area contributed by atoms with Gasteiger partial charge in [-0.2, -0.15) is 26.3 Å². The minimum Gasteiger partial charge on any atom is -0.483 e. The molecule has 208 valence electrons. The molecule has 4 rings (SSSR count). The molecule has 9 nitrogen and oxygen atoms in total. The SMILES string of the molecule is Cc1cc(NS(C)(=O)=O)ccc1N1C(=O)c2c(c(OCC(F)(F)F)c3ncccc3c2OCC(F)(F)F)C1=O. The van der Waals surface area contributed by atoms with Crippen molar-refractivity contribution in [3.8, 4) is 11.5 Å². The number of hydrogen-bond acceptors (Lipinski definition) is 7. The largest absolute Gasteiger partial charge is 0.483 e. The highest BCUT2D eigenvalue weighted by Crippen LogP contribution is 2.46. The second-order valence-electron chi connectivity index (χ2n) is 8.44. The van der Waals surface area contributed by atoms with Crippen LogP contribution in [0, 0.1) is 6.92 Å². The Morgan fingerprint density at radius 1 is 0.923 bits per heavy atom. The first kappa shape index (κ1) is 27.9. The van der Waals surface area contributed by atoms with E-state index in [9.17, 15) is 44.3 Å². The summed E-state index contributed by atoms with van der Waals surface area (Å²) in [6, 6.07) is 6.09. The molecule has 39 heavy (non-hydrogen) atoms. The van der Waals surface area contributed by atoms with Gasteiger partial charge in [-0.3, -0.25) is 19.3 Å². The predicted octanol–water partition coefficient (Wildman–Crippen LogP) is 4.60. The van der Waals surface area contributed by atoms with E-state index in [4.69, 9.17) is 9.47 Å². The number of nitrogens with zero attached hydrogens (tertiary/aromatic N) is 2. The first-order valence-corrected chi connectivity index (χ1v) is 12.7. The lowest BCUT2D eigenvalue weighted by molar-refractivity contribution is -0.154. The summed E-state index contributed by atoms with van der Waals surface area (Å²) in [6.45, 7) is -2.36. The van der Waals surface area contributed by atoms with Crippen LogP contribution in [0.15, 0.2) is 36.5 Å². The molecule has 2 aromatic carbocycles. The zero-order valence-electron chi connectivity index (χ0n) is 19.9. The number of carbonyl (C=O) groups is 2. The zero-order chi connectivity index (χ0) is 28.9. The zero-order valence-corrected chi connectivity index (χ0v) is 20.7. The number of anilines is 2. The molecule has 16 heteroatoms. The van der Waals surface area contributed by atoms with Gasteiger partial charge in [0.15, 0.2) is 19.0 Å². The summed E-state index contributed by atoms with van der Waals surface area (Å²) in [5.41, 5.74) is -1.78. The maximum absolute atomic E-state index is 13.6. The number of alkyl halides is 6. The maximum Gasteiger partial charge on any atom is 0.422 e. The van der Waals surface area contributed by atoms with Gasteiger partial charge in [0.05, 0.1) is 17.5 Å². The van der Waals surface area contributed by atoms with Crippen LogP contribution in [-0.2, 0) is 10.0 Å². The number of hydrogen-bond donors (Lipinski definition) is 1. The highest BCUT2D eigenvalue weighted by molar-refractivity contribution is 7.92. The number of aromatic nitrogens is 1. The van der Waals surface area contributed by atoms with E-state index in [1.54, 1.807) is 0 Å². The fourth-order valence-corrected chi connectivity index (χ4v) is 4.53. The molecule has 2 amide bonds. The van der Waals surface area contributed by atoms with E-state index in [0.717, 1.165) is 18.5 Å². The van der Waals surface area contributed by atoms with Crippen LogP contribution in [0.1, 0.15) is 26.3 Å². The van der Waals surface area contributed by atoms with Gasteiger partial charge >= 0.3 is 12.4 Å². The van der Waals surface area contributed by atoms with Crippen LogP contribution in [0.25, 0.3) is 10.9 Å². The molecule has 0 unspecified atom stereocenters. The molecule has 1 aliphatic rings. The molecule has 0 aliphatic carbocycles. The minimum absolute atomic E-state index is 0.0775. The molecule has 0 fully saturated rings. The van der Waals surface area contributed by atoms with Gasteiger partial charge < -0.3 is 9.47 Å². The van der Waals surface area contributed by atoms with E-state index >= 15 is 0 Å². The number of rotatable bonds is 7. The minimum atomic E-state index is -4.87. The number of carbonyl (C=O) groups excluding carboxylic acids is 2. The molecule has 0 saturated heterocycles. The molecule has 1 N–H and O–H groups in total. The number of halogens is 6. The molecule has 0 radical (unpaired) electrons. The lowest BCUT2D eigenvalue weighted by Gasteiger charge is -2.18. The molecule has 3 aromatic rings. The highest BCUT2D eigenvalue weighted by atomic mass is 32.2. The van der Waals surface area contributed by atoms with Crippen molar-refractivity contribution in [2.75, 3.05) is 29.1 Å². The average Bonchev–Trinajstić information content (AvgIpc) is 3.04. The van der Waals surface area contributed by atoms with Crippen LogP contribution in [0.2, 0.25) is 0 Å². The molecule has 0 saturated carbocycles. The Hall–Kier alpha value is -4.08. The summed E-state index contributed by atoms with van der Waals surface area (Å²) in [5.74, 6) is -3.87. The number of amides is 2. The summed E-state index contributed by atoms with van der Waals surface area (Å²) in [7, 11) is -3.68. The van der Waals surface area contributed by atoms with Gasteiger partial charge in [-0.05, 0) is 42.8 Å². The monoisotopic (exact) mass is 577 g/mol. The van der Waals surface area contributed by atoms with Crippen molar-refractivity contribution < 1.29 is 53.8 Å². The van der Waals surface area contributed by atoms with E-state index in [1.807, 2.05) is 0 Å². The van der Waals surface area contributed by atoms with Crippen LogP contribution < -0.4 is 19.1 Å². The van der Waals surface area contributed by atoms with E-state index in [0.29, 0.717) is 4.90 Å². The molecular formula is C23H17F6N3O6S. The standard InChI is InChI=1S/C23H17F6N3O6S/c1-11-8-12(31-39(2,35)36)5-6-14(11)32-20(33)15-16(21(32)34)19(38-10-23(27,28)29)17-13(4-3-7-30-17)18(15)37-9-22(24,25)26/h3-8,31H,9-10H2,1-2H3. The van der Waals surface area contributed by atoms with E-state index in [2.05, 4.69) is 9.71 Å². The number of benzene rings is 2. The fourth-order valence-electron chi connectivity index (χ4n) is 3.97. The lowest BCUT2D eigenvalue weighted by Crippen LogP contribution is -2.30. The van der Waals surface area contributed by atoms with Crippen LogP contribution in [0.5, 0.6) is 11.5 Å². The van der Waals surface area contributed by atoms with Crippen molar-refractivity contribution in [1.29, 1.82) is 0 Å². The second kappa shape index (κ2) is 9.59. The highest BCUT2D eigenvalue weighted by Gasteiger charge is 2.45. The average molecular weight is 577 g/mol. The van der Waals surface area contributed by atoms with Gasteiger partial charge in [0.1, 0.15) is 16.8 Å². The number of ether oxygens (including phenoxy) is 2. The maximum atomic E-state index is 13.6. The van der Waals surface area contributed by atoms with E-state index in [1.165, 1.54) is 31.2 Å². The molecule has 0 spiro atoms. The second-order valence-corrected chi connectivity index (χ2v) is 10.2. The van der Waals surface area contributed by atoms with Crippen molar-refractivity contribution in [1.82, 2.24) is 4.98 Å². The third-order valence-corrected chi connectivity index (χ3v) is 5.91. The number of nitrogens with one attached hydrogen (secondary N) is 1. The van der Waals surface area contributed by atoms with Crippen LogP contribution in [0.4, 0.5) is 37.7 Å². The predicted molar refractivity (Wildman–Crippen MR) is 126 cm³/mol. The molecule has 2 heterocycles. The summed E-state index contributed by atoms with van der Waals surface area (Å²) in [4.78, 5) is 31.5. The van der Waals surface area contributed by atoms with Gasteiger partial charge in [-0.25, -0.2) is 13.3 Å². The quantitative estimate of drug-likeness (QED) is 0.323. The number of imide groups is 1. The Bertz CT molecular complexity index is 1530. The van der Waals surface area contributed by atoms with Gasteiger partial charge in [-0.15, -0.1) is 0 Å². The van der Waals surface area contributed by atoms with E-state index in [-0.39, 0.29) is 22.3 Å². The van der Waals surface area contributed by atoms with Crippen molar-refractivity contribution >= 4 is 44.1 Å². The number of sulfonamides is 1. The molecule has 0 atom stereocenters. The smallest absolute Gasteiger partial charge is 0.422 e. The van der Waals surface area contributed by atoms with Gasteiger partial charge in [0, 0.05) is 17.3 Å². The Morgan fingerprint density at radius 3 is 2.03 bits per heavy atom. The molecular weight excluding hydrogens is 560 g/mol. The van der Waals surface area contributed by atoms with Gasteiger partial charge in [0.25, 0.3) is 11.8 Å². The van der Waals surface area contributed by atoms with Crippen LogP contribution in [-0.4, -0.2) is 57.0 Å². The summed E-state index contributed by atoms with van der Waals surface area (Å²) >= 11 is 0. The molecule has 1 aliphatic heterocycles. The summed E-state index contributed by atoms with van der Waals surface area (Å²) in [6.07, 6.45) is -7.73. The van der Waals surface area contributed by atoms with Crippen molar-refractivity contribution in [3.63, 3.8) is 0 Å². The Labute approximate surface area is 216 Å². The van der Waals surface area contributed by atoms with Crippen LogP contribution >= 0.6 is 0 Å². The summed E-state index contributed by atoms with van der Waals surface area (Å²) in [5, 5.41) is -0.287. The summed E-state index contributed by atoms with van der Waals surface area (Å²) < 4.78 is 113. The first-order valence-electron chi connectivity index (χ1n) is 10.8. The van der Waals surface area contributed by atoms with Gasteiger partial charge in [-0.1, -0.05) is 0 Å². The number of fused-ring (bicyclic) bond motifs is 2. The molecule has 1 aromatic heterocycles. The van der Waals surface area contributed by atoms with Crippen molar-refractivity contribution in [2.24, 2.45) is 0 Å². The Morgan fingerprint density at radius 2 is 1.49 bits per heavy atom. The normalized spacial score (nSPS) is 14.1. The first-order chi connectivity index (χ1) is 18.0. The number of pyridine rings is 1. The topological polar surface area (TPSA) is 115 Å². The number of aryl methyl sites for hydroxylation is 1. The third kappa shape index (κ3) is 5.84. The molecule has 0 bridgehead atoms. The van der Waals surface area contributed by atoms with Crippen molar-refractivity contribution in [2.45, 2.75) is 19.3 Å². The Kier molecular flexibility index (Phi) is 6.87. The van der Waals surface area contributed by atoms with E-state index < -0.39 is 75.5 Å². The van der Waals surface area contributed by atoms with Crippen molar-refractivity contribution in [3.05, 3.63) is 53.2 Å². The van der Waals surface area contributed by atoms with Gasteiger partial charge in [0.2, 0.25) is 10.0 Å². The Balaban J connectivity index is 1.93. The van der Waals surface area contributed by atoms with Crippen LogP contribution in [0.3, 0.4) is 0 Å². The third-order valence-electron chi connectivity index (χ3n) is 5.31.